The van der Waals surface area contributed by atoms with Gasteiger partial charge in [0.1, 0.15) is 5.82 Å². The van der Waals surface area contributed by atoms with E-state index in [4.69, 9.17) is 21.3 Å². The molecule has 0 aliphatic heterocycles. The number of aryl methyl sites for hydroxylation is 1. The maximum Gasteiger partial charge on any atom is 0.111 e. The lowest BCUT2D eigenvalue weighted by molar-refractivity contribution is 0.151. The van der Waals surface area contributed by atoms with Crippen LogP contribution in [0.3, 0.4) is 0 Å². The number of nitrogens with zero attached hydrogens (tertiary/aromatic N) is 2. The zero-order chi connectivity index (χ0) is 13.7. The zero-order valence-corrected chi connectivity index (χ0v) is 12.4. The van der Waals surface area contributed by atoms with E-state index in [1.807, 2.05) is 6.07 Å². The molecule has 0 radical (unpaired) electrons. The van der Waals surface area contributed by atoms with E-state index in [-0.39, 0.29) is 0 Å². The van der Waals surface area contributed by atoms with Crippen molar-refractivity contribution in [2.24, 2.45) is 0 Å². The highest BCUT2D eigenvalue weighted by Crippen LogP contribution is 2.25. The molecule has 0 bridgehead atoms. The van der Waals surface area contributed by atoms with Gasteiger partial charge in [-0.15, -0.1) is 11.6 Å². The number of aromatic nitrogens is 2. The Hall–Kier alpha value is -1.06. The van der Waals surface area contributed by atoms with Crippen molar-refractivity contribution in [1.82, 2.24) is 9.55 Å². The molecule has 0 saturated carbocycles. The fourth-order valence-electron chi connectivity index (χ4n) is 2.58. The average Bonchev–Trinajstić information content (AvgIpc) is 2.77. The van der Waals surface area contributed by atoms with Gasteiger partial charge in [0.15, 0.2) is 0 Å². The first kappa shape index (κ1) is 14.4. The first-order valence-corrected chi connectivity index (χ1v) is 7.36. The molecule has 1 aromatic heterocycles. The van der Waals surface area contributed by atoms with Crippen LogP contribution in [0.2, 0.25) is 0 Å². The molecule has 0 amide bonds. The van der Waals surface area contributed by atoms with Gasteiger partial charge in [-0.25, -0.2) is 4.98 Å². The lowest BCUT2D eigenvalue weighted by Gasteiger charge is -2.20. The maximum atomic E-state index is 5.91. The minimum atomic E-state index is 0.334. The minimum absolute atomic E-state index is 0.334. The first-order valence-electron chi connectivity index (χ1n) is 6.82. The van der Waals surface area contributed by atoms with Gasteiger partial charge in [-0.2, -0.15) is 0 Å². The molecule has 104 valence electrons. The molecule has 0 spiro atoms. The van der Waals surface area contributed by atoms with E-state index in [2.05, 4.69) is 29.7 Å². The predicted molar refractivity (Wildman–Crippen MR) is 80.0 cm³/mol. The van der Waals surface area contributed by atoms with Gasteiger partial charge in [0.25, 0.3) is 0 Å². The molecule has 19 heavy (non-hydrogen) atoms. The number of para-hydroxylation sites is 2. The highest BCUT2D eigenvalue weighted by molar-refractivity contribution is 6.17. The van der Waals surface area contributed by atoms with Gasteiger partial charge < -0.3 is 9.30 Å². The van der Waals surface area contributed by atoms with Crippen molar-refractivity contribution in [2.45, 2.75) is 32.2 Å². The fraction of sp³-hybridized carbons (Fsp3) is 0.533. The Bertz CT molecular complexity index is 518. The van der Waals surface area contributed by atoms with Crippen LogP contribution in [0.25, 0.3) is 11.0 Å². The largest absolute Gasteiger partial charge is 0.383 e. The van der Waals surface area contributed by atoms with E-state index in [1.54, 1.807) is 7.11 Å². The molecular formula is C15H21ClN2O. The Morgan fingerprint density at radius 3 is 2.84 bits per heavy atom. The van der Waals surface area contributed by atoms with Crippen molar-refractivity contribution >= 4 is 22.6 Å². The summed E-state index contributed by atoms with van der Waals surface area (Å²) in [6.07, 6.45) is 3.00. The van der Waals surface area contributed by atoms with Crippen molar-refractivity contribution < 1.29 is 4.74 Å². The Labute approximate surface area is 119 Å². The van der Waals surface area contributed by atoms with Gasteiger partial charge >= 0.3 is 0 Å². The number of halogens is 1. The molecule has 1 unspecified atom stereocenters. The van der Waals surface area contributed by atoms with Crippen molar-refractivity contribution in [3.63, 3.8) is 0 Å². The maximum absolute atomic E-state index is 5.91. The summed E-state index contributed by atoms with van der Waals surface area (Å²) in [6, 6.07) is 8.59. The topological polar surface area (TPSA) is 27.1 Å². The van der Waals surface area contributed by atoms with Gasteiger partial charge in [-0.05, 0) is 18.6 Å². The third kappa shape index (κ3) is 3.10. The van der Waals surface area contributed by atoms with Crippen LogP contribution in [0.1, 0.15) is 31.6 Å². The summed E-state index contributed by atoms with van der Waals surface area (Å²) >= 11 is 5.91. The summed E-state index contributed by atoms with van der Waals surface area (Å²) in [5.41, 5.74) is 2.22. The van der Waals surface area contributed by atoms with E-state index in [0.29, 0.717) is 18.5 Å². The van der Waals surface area contributed by atoms with Gasteiger partial charge in [0, 0.05) is 19.4 Å². The van der Waals surface area contributed by atoms with E-state index in [9.17, 15) is 0 Å². The highest BCUT2D eigenvalue weighted by Gasteiger charge is 2.18. The van der Waals surface area contributed by atoms with E-state index < -0.39 is 0 Å². The van der Waals surface area contributed by atoms with Gasteiger partial charge in [-0.1, -0.05) is 25.5 Å². The second-order valence-electron chi connectivity index (χ2n) is 4.72. The van der Waals surface area contributed by atoms with E-state index in [1.165, 1.54) is 5.52 Å². The predicted octanol–water partition coefficient (Wildman–Crippen LogP) is 3.81. The number of fused-ring (bicyclic) bond motifs is 1. The number of methoxy groups -OCH3 is 1. The smallest absolute Gasteiger partial charge is 0.111 e. The SMILES string of the molecule is CCCC(COC)n1c(CCCl)nc2ccccc21. The molecule has 3 nitrogen and oxygen atoms in total. The number of hydrogen-bond donors (Lipinski definition) is 0. The van der Waals surface area contributed by atoms with Gasteiger partial charge in [0.2, 0.25) is 0 Å². The number of ether oxygens (including phenoxy) is 1. The van der Waals surface area contributed by atoms with Crippen LogP contribution in [0, 0.1) is 0 Å². The lowest BCUT2D eigenvalue weighted by Crippen LogP contribution is -2.17. The normalized spacial score (nSPS) is 13.0. The summed E-state index contributed by atoms with van der Waals surface area (Å²) in [5.74, 6) is 1.65. The molecule has 0 fully saturated rings. The third-order valence-electron chi connectivity index (χ3n) is 3.33. The molecule has 1 atom stereocenters. The van der Waals surface area contributed by atoms with Gasteiger partial charge in [0.05, 0.1) is 23.7 Å². The van der Waals surface area contributed by atoms with Crippen LogP contribution in [0.4, 0.5) is 0 Å². The number of alkyl halides is 1. The Kier molecular flexibility index (Phi) is 5.23. The summed E-state index contributed by atoms with van der Waals surface area (Å²) in [5, 5.41) is 0. The second kappa shape index (κ2) is 6.92. The molecule has 0 saturated heterocycles. The van der Waals surface area contributed by atoms with Crippen LogP contribution >= 0.6 is 11.6 Å². The Balaban J connectivity index is 2.49. The standard InChI is InChI=1S/C15H21ClN2O/c1-3-6-12(11-19-2)18-14-8-5-4-7-13(14)17-15(18)9-10-16/h4-5,7-8,12H,3,6,9-11H2,1-2H3. The number of hydrogen-bond acceptors (Lipinski definition) is 2. The number of benzene rings is 1. The number of rotatable bonds is 7. The quantitative estimate of drug-likeness (QED) is 0.721. The molecule has 0 N–H and O–H groups in total. The third-order valence-corrected chi connectivity index (χ3v) is 3.52. The molecule has 2 aromatic rings. The van der Waals surface area contributed by atoms with Crippen LogP contribution in [-0.2, 0) is 11.2 Å². The van der Waals surface area contributed by atoms with Crippen LogP contribution in [-0.4, -0.2) is 29.1 Å². The zero-order valence-electron chi connectivity index (χ0n) is 11.6. The lowest BCUT2D eigenvalue weighted by atomic mass is 10.1. The number of imidazole rings is 1. The first-order chi connectivity index (χ1) is 9.31. The minimum Gasteiger partial charge on any atom is -0.383 e. The highest BCUT2D eigenvalue weighted by atomic mass is 35.5. The van der Waals surface area contributed by atoms with E-state index >= 15 is 0 Å². The molecule has 0 aliphatic carbocycles. The fourth-order valence-corrected chi connectivity index (χ4v) is 2.74. The average molecular weight is 281 g/mol. The van der Waals surface area contributed by atoms with Crippen molar-refractivity contribution in [3.8, 4) is 0 Å². The Morgan fingerprint density at radius 2 is 2.16 bits per heavy atom. The van der Waals surface area contributed by atoms with Crippen LogP contribution < -0.4 is 0 Å². The van der Waals surface area contributed by atoms with Gasteiger partial charge in [-0.3, -0.25) is 0 Å². The molecule has 2 rings (SSSR count). The van der Waals surface area contributed by atoms with Crippen molar-refractivity contribution in [2.75, 3.05) is 19.6 Å². The molecular weight excluding hydrogens is 260 g/mol. The van der Waals surface area contributed by atoms with E-state index in [0.717, 1.165) is 30.6 Å². The Morgan fingerprint density at radius 1 is 1.37 bits per heavy atom. The monoisotopic (exact) mass is 280 g/mol. The molecule has 1 heterocycles. The molecule has 4 heteroatoms. The summed E-state index contributed by atoms with van der Waals surface area (Å²) in [4.78, 5) is 4.71. The molecule has 0 aliphatic rings. The molecule has 1 aromatic carbocycles. The second-order valence-corrected chi connectivity index (χ2v) is 5.10. The van der Waals surface area contributed by atoms with Crippen molar-refractivity contribution in [1.29, 1.82) is 0 Å². The summed E-state index contributed by atoms with van der Waals surface area (Å²) in [7, 11) is 1.75. The van der Waals surface area contributed by atoms with Crippen LogP contribution in [0.15, 0.2) is 24.3 Å². The van der Waals surface area contributed by atoms with Crippen molar-refractivity contribution in [3.05, 3.63) is 30.1 Å². The summed E-state index contributed by atoms with van der Waals surface area (Å²) < 4.78 is 7.69. The summed E-state index contributed by atoms with van der Waals surface area (Å²) in [6.45, 7) is 2.91. The van der Waals surface area contributed by atoms with Crippen LogP contribution in [0.5, 0.6) is 0 Å².